The van der Waals surface area contributed by atoms with Crippen molar-refractivity contribution in [2.24, 2.45) is 44.8 Å². The van der Waals surface area contributed by atoms with Gasteiger partial charge in [0.05, 0.1) is 18.2 Å². The van der Waals surface area contributed by atoms with Crippen molar-refractivity contribution in [2.75, 3.05) is 7.11 Å². The van der Waals surface area contributed by atoms with Gasteiger partial charge in [-0.25, -0.2) is 0 Å². The molecule has 3 fully saturated rings. The third-order valence-corrected chi connectivity index (χ3v) is 13.2. The molecular formula is C32H47NO3. The third-order valence-electron chi connectivity index (χ3n) is 13.2. The molecular weight excluding hydrogens is 446 g/mol. The third kappa shape index (κ3) is 2.83. The molecule has 0 spiro atoms. The van der Waals surface area contributed by atoms with E-state index in [1.165, 1.54) is 24.1 Å². The first-order valence-corrected chi connectivity index (χ1v) is 14.5. The molecule has 4 nitrogen and oxygen atoms in total. The van der Waals surface area contributed by atoms with Gasteiger partial charge < -0.3 is 9.26 Å². The second kappa shape index (κ2) is 7.29. The number of nitrogens with zero attached hydrogens (tertiary/aromatic N) is 1. The normalized spacial score (nSPS) is 46.2. The lowest BCUT2D eigenvalue weighted by Crippen LogP contribution is -2.64. The van der Waals surface area contributed by atoms with Gasteiger partial charge in [0.25, 0.3) is 0 Å². The molecule has 5 aliphatic carbocycles. The highest BCUT2D eigenvalue weighted by Gasteiger charge is 2.69. The minimum atomic E-state index is -0.329. The van der Waals surface area contributed by atoms with Crippen LogP contribution < -0.4 is 0 Å². The summed E-state index contributed by atoms with van der Waals surface area (Å²) >= 11 is 0. The number of carbonyl (C=O) groups is 1. The number of methoxy groups -OCH3 is 1. The van der Waals surface area contributed by atoms with Crippen molar-refractivity contribution in [3.8, 4) is 0 Å². The molecule has 0 aliphatic heterocycles. The Hall–Kier alpha value is -1.58. The first kappa shape index (κ1) is 24.7. The summed E-state index contributed by atoms with van der Waals surface area (Å²) in [5, 5.41) is 4.49. The van der Waals surface area contributed by atoms with Gasteiger partial charge in [0.2, 0.25) is 0 Å². The fraction of sp³-hybridized carbons (Fsp3) is 0.812. The number of fused-ring (bicyclic) bond motifs is 8. The van der Waals surface area contributed by atoms with Crippen LogP contribution >= 0.6 is 0 Å². The quantitative estimate of drug-likeness (QED) is 0.298. The maximum Gasteiger partial charge on any atom is 0.312 e. The second-order valence-corrected chi connectivity index (χ2v) is 15.4. The molecule has 0 bridgehead atoms. The predicted molar refractivity (Wildman–Crippen MR) is 141 cm³/mol. The Kier molecular flexibility index (Phi) is 5.01. The fourth-order valence-electron chi connectivity index (χ4n) is 11.1. The van der Waals surface area contributed by atoms with Crippen LogP contribution in [0.5, 0.6) is 0 Å². The molecule has 0 N–H and O–H groups in total. The molecule has 7 atom stereocenters. The molecule has 0 aromatic carbocycles. The van der Waals surface area contributed by atoms with Gasteiger partial charge in [-0.2, -0.15) is 0 Å². The molecule has 6 rings (SSSR count). The highest BCUT2D eigenvalue weighted by molar-refractivity contribution is 5.78. The van der Waals surface area contributed by atoms with Crippen LogP contribution in [0.25, 0.3) is 0 Å². The summed E-state index contributed by atoms with van der Waals surface area (Å²) in [5.74, 6) is 1.57. The summed E-state index contributed by atoms with van der Waals surface area (Å²) in [6.07, 6.45) is 14.5. The monoisotopic (exact) mass is 493 g/mol. The minimum Gasteiger partial charge on any atom is -0.469 e. The smallest absolute Gasteiger partial charge is 0.312 e. The molecule has 36 heavy (non-hydrogen) atoms. The lowest BCUT2D eigenvalue weighted by atomic mass is 9.33. The van der Waals surface area contributed by atoms with Gasteiger partial charge in [0.15, 0.2) is 0 Å². The van der Waals surface area contributed by atoms with Gasteiger partial charge >= 0.3 is 5.97 Å². The van der Waals surface area contributed by atoms with Crippen molar-refractivity contribution < 1.29 is 14.1 Å². The summed E-state index contributed by atoms with van der Waals surface area (Å²) < 4.78 is 11.1. The van der Waals surface area contributed by atoms with Crippen LogP contribution in [0.3, 0.4) is 0 Å². The Morgan fingerprint density at radius 2 is 1.72 bits per heavy atom. The highest BCUT2D eigenvalue weighted by Crippen LogP contribution is 2.75. The topological polar surface area (TPSA) is 52.3 Å². The molecule has 1 heterocycles. The van der Waals surface area contributed by atoms with Crippen LogP contribution in [-0.4, -0.2) is 18.2 Å². The Balaban J connectivity index is 1.46. The molecule has 0 amide bonds. The second-order valence-electron chi connectivity index (χ2n) is 15.4. The number of hydrogen-bond acceptors (Lipinski definition) is 4. The predicted octanol–water partition coefficient (Wildman–Crippen LogP) is 7.66. The van der Waals surface area contributed by atoms with Crippen LogP contribution in [0.4, 0.5) is 0 Å². The number of rotatable bonds is 1. The Bertz CT molecular complexity index is 1130. The van der Waals surface area contributed by atoms with E-state index in [0.29, 0.717) is 17.8 Å². The standard InChI is InChI=1S/C32H47NO3/c1-27(2)13-15-32(26(34)35-8)16-14-30(6)21(22(32)18-27)9-10-24-29(5)17-20-19-36-33-25(20)28(3,4)23(29)11-12-31(24,30)7/h9,19,22-24H,10-18H2,1-8H3/t22-,23-,24+,29-,30+,31+,32-/m0/s1. The van der Waals surface area contributed by atoms with E-state index < -0.39 is 0 Å². The summed E-state index contributed by atoms with van der Waals surface area (Å²) in [5.41, 5.74) is 4.64. The zero-order valence-electron chi connectivity index (χ0n) is 23.9. The zero-order valence-corrected chi connectivity index (χ0v) is 23.9. The van der Waals surface area contributed by atoms with Gasteiger partial charge in [-0.15, -0.1) is 0 Å². The van der Waals surface area contributed by atoms with E-state index in [0.717, 1.165) is 44.9 Å². The van der Waals surface area contributed by atoms with Crippen LogP contribution in [0.1, 0.15) is 111 Å². The number of esters is 1. The Labute approximate surface area is 218 Å². The van der Waals surface area contributed by atoms with Crippen LogP contribution in [-0.2, 0) is 21.4 Å². The van der Waals surface area contributed by atoms with Gasteiger partial charge in [0, 0.05) is 11.0 Å². The summed E-state index contributed by atoms with van der Waals surface area (Å²) in [7, 11) is 1.60. The highest BCUT2D eigenvalue weighted by atomic mass is 16.5. The van der Waals surface area contributed by atoms with E-state index in [-0.39, 0.29) is 38.5 Å². The van der Waals surface area contributed by atoms with E-state index in [1.807, 2.05) is 6.26 Å². The maximum absolute atomic E-state index is 13.4. The molecule has 198 valence electrons. The van der Waals surface area contributed by atoms with Crippen LogP contribution in [0, 0.1) is 44.8 Å². The average molecular weight is 494 g/mol. The zero-order chi connectivity index (χ0) is 25.9. The number of hydrogen-bond donors (Lipinski definition) is 0. The van der Waals surface area contributed by atoms with Crippen molar-refractivity contribution in [1.82, 2.24) is 5.16 Å². The summed E-state index contributed by atoms with van der Waals surface area (Å²) in [4.78, 5) is 13.4. The number of aromatic nitrogens is 1. The molecule has 0 unspecified atom stereocenters. The fourth-order valence-corrected chi connectivity index (χ4v) is 11.1. The molecule has 1 aromatic rings. The molecule has 0 radical (unpaired) electrons. The molecule has 4 heteroatoms. The number of ether oxygens (including phenoxy) is 1. The molecule has 1 aromatic heterocycles. The van der Waals surface area contributed by atoms with Gasteiger partial charge in [-0.3, -0.25) is 4.79 Å². The van der Waals surface area contributed by atoms with Gasteiger partial charge in [-0.05, 0) is 97.2 Å². The average Bonchev–Trinajstić information content (AvgIpc) is 3.27. The first-order valence-electron chi connectivity index (χ1n) is 14.5. The molecule has 3 saturated carbocycles. The van der Waals surface area contributed by atoms with Crippen molar-refractivity contribution in [1.29, 1.82) is 0 Å². The lowest BCUT2D eigenvalue weighted by Gasteiger charge is -2.70. The molecule has 0 saturated heterocycles. The number of allylic oxidation sites excluding steroid dienone is 2. The number of carbonyl (C=O) groups excluding carboxylic acids is 1. The van der Waals surface area contributed by atoms with E-state index in [9.17, 15) is 4.79 Å². The van der Waals surface area contributed by atoms with E-state index >= 15 is 0 Å². The lowest BCUT2D eigenvalue weighted by molar-refractivity contribution is -0.179. The van der Waals surface area contributed by atoms with E-state index in [2.05, 4.69) is 59.7 Å². The SMILES string of the molecule is COC(=O)[C@]12CCC(C)(C)C[C@H]1C1=CC[C@@H]3[C@@]4(C)Cc5conc5C(C)(C)[C@@H]4CC[C@@]3(C)[C@]1(C)CC2. The van der Waals surface area contributed by atoms with Crippen LogP contribution in [0.2, 0.25) is 0 Å². The Morgan fingerprint density at radius 3 is 2.44 bits per heavy atom. The summed E-state index contributed by atoms with van der Waals surface area (Å²) in [6, 6.07) is 0. The maximum atomic E-state index is 13.4. The first-order chi connectivity index (χ1) is 16.8. The van der Waals surface area contributed by atoms with Gasteiger partial charge in [-0.1, -0.05) is 65.3 Å². The van der Waals surface area contributed by atoms with E-state index in [1.54, 1.807) is 12.7 Å². The van der Waals surface area contributed by atoms with Crippen molar-refractivity contribution in [3.63, 3.8) is 0 Å². The largest absolute Gasteiger partial charge is 0.469 e. The van der Waals surface area contributed by atoms with E-state index in [4.69, 9.17) is 9.26 Å². The minimum absolute atomic E-state index is 0.0293. The van der Waals surface area contributed by atoms with Gasteiger partial charge in [0.1, 0.15) is 6.26 Å². The van der Waals surface area contributed by atoms with Crippen LogP contribution in [0.15, 0.2) is 22.4 Å². The molecule has 5 aliphatic rings. The van der Waals surface area contributed by atoms with Crippen molar-refractivity contribution in [3.05, 3.63) is 29.2 Å². The van der Waals surface area contributed by atoms with Crippen molar-refractivity contribution >= 4 is 5.97 Å². The summed E-state index contributed by atoms with van der Waals surface area (Å²) in [6.45, 7) is 17.4. The van der Waals surface area contributed by atoms with Crippen molar-refractivity contribution in [2.45, 2.75) is 112 Å². The Morgan fingerprint density at radius 1 is 1.00 bits per heavy atom.